The number of nitrogens with zero attached hydrogens (tertiary/aromatic N) is 3. The number of nitrogens with one attached hydrogen (secondary N) is 1. The van der Waals surface area contributed by atoms with Crippen LogP contribution in [0.2, 0.25) is 0 Å². The molecule has 2 aliphatic heterocycles. The Morgan fingerprint density at radius 2 is 1.97 bits per heavy atom. The smallest absolute Gasteiger partial charge is 0.238 e. The van der Waals surface area contributed by atoms with Gasteiger partial charge in [-0.1, -0.05) is 0 Å². The molecule has 9 heteroatoms. The van der Waals surface area contributed by atoms with Crippen LogP contribution in [0.1, 0.15) is 6.42 Å². The van der Waals surface area contributed by atoms with Gasteiger partial charge in [-0.25, -0.2) is 18.2 Å². The average molecular weight is 420 g/mol. The molecule has 0 spiro atoms. The summed E-state index contributed by atoms with van der Waals surface area (Å²) in [6, 6.07) is 4.67. The Labute approximate surface area is 172 Å². The highest BCUT2D eigenvalue weighted by molar-refractivity contribution is 6.00. The molecule has 160 valence electrons. The van der Waals surface area contributed by atoms with Gasteiger partial charge in [0.25, 0.3) is 0 Å². The van der Waals surface area contributed by atoms with Gasteiger partial charge in [0.2, 0.25) is 5.91 Å². The monoisotopic (exact) mass is 420 g/mol. The van der Waals surface area contributed by atoms with Crippen LogP contribution in [0.15, 0.2) is 30.5 Å². The predicted octanol–water partition coefficient (Wildman–Crippen LogP) is 2.85. The third kappa shape index (κ3) is 4.57. The second-order valence-electron chi connectivity index (χ2n) is 7.45. The van der Waals surface area contributed by atoms with Gasteiger partial charge in [-0.15, -0.1) is 0 Å². The Kier molecular flexibility index (Phi) is 6.19. The highest BCUT2D eigenvalue weighted by Gasteiger charge is 2.28. The van der Waals surface area contributed by atoms with Crippen LogP contribution in [0.3, 0.4) is 0 Å². The second kappa shape index (κ2) is 9.01. The first-order valence-corrected chi connectivity index (χ1v) is 9.94. The maximum atomic E-state index is 14.5. The fourth-order valence-electron chi connectivity index (χ4n) is 3.79. The minimum atomic E-state index is -1.00. The standard InChI is InChI=1S/C21H23F3N4O2/c22-14-1-2-18(24)17(11-14)16-3-5-25-21(28-6-4-15(23)12-28)20(16)26-19(29)13-27-7-9-30-10-8-27/h1-3,5,11,15H,4,6-10,12-13H2,(H,26,29). The number of pyridine rings is 1. The highest BCUT2D eigenvalue weighted by atomic mass is 19.1. The zero-order chi connectivity index (χ0) is 21.1. The first kappa shape index (κ1) is 20.6. The van der Waals surface area contributed by atoms with E-state index in [2.05, 4.69) is 10.3 Å². The molecule has 1 amide bonds. The molecule has 1 N–H and O–H groups in total. The number of carbonyl (C=O) groups is 1. The number of anilines is 2. The van der Waals surface area contributed by atoms with Crippen molar-refractivity contribution in [3.63, 3.8) is 0 Å². The molecule has 2 aromatic rings. The first-order valence-electron chi connectivity index (χ1n) is 9.94. The van der Waals surface area contributed by atoms with Crippen molar-refractivity contribution in [3.05, 3.63) is 42.1 Å². The van der Waals surface area contributed by atoms with Gasteiger partial charge in [0.15, 0.2) is 5.82 Å². The Bertz CT molecular complexity index is 921. The summed E-state index contributed by atoms with van der Waals surface area (Å²) in [4.78, 5) is 20.8. The van der Waals surface area contributed by atoms with Crippen molar-refractivity contribution >= 4 is 17.4 Å². The van der Waals surface area contributed by atoms with Crippen LogP contribution in [0.5, 0.6) is 0 Å². The summed E-state index contributed by atoms with van der Waals surface area (Å²) in [5, 5.41) is 2.83. The normalized spacial score (nSPS) is 19.8. The van der Waals surface area contributed by atoms with E-state index in [-0.39, 0.29) is 30.2 Å². The molecule has 2 fully saturated rings. The van der Waals surface area contributed by atoms with Crippen LogP contribution in [0, 0.1) is 11.6 Å². The molecule has 30 heavy (non-hydrogen) atoms. The topological polar surface area (TPSA) is 57.7 Å². The van der Waals surface area contributed by atoms with Crippen LogP contribution < -0.4 is 10.2 Å². The van der Waals surface area contributed by atoms with Gasteiger partial charge in [0.1, 0.15) is 17.8 Å². The molecule has 0 radical (unpaired) electrons. The molecule has 3 heterocycles. The fraction of sp³-hybridized carbons (Fsp3) is 0.429. The van der Waals surface area contributed by atoms with Gasteiger partial charge in [-0.3, -0.25) is 9.69 Å². The summed E-state index contributed by atoms with van der Waals surface area (Å²) in [6.45, 7) is 3.06. The number of morpholine rings is 1. The minimum Gasteiger partial charge on any atom is -0.379 e. The molecule has 4 rings (SSSR count). The number of carbonyl (C=O) groups excluding carboxylic acids is 1. The molecule has 6 nitrogen and oxygen atoms in total. The third-order valence-electron chi connectivity index (χ3n) is 5.32. The zero-order valence-electron chi connectivity index (χ0n) is 16.4. The first-order chi connectivity index (χ1) is 14.5. The molecule has 1 aromatic carbocycles. The number of benzene rings is 1. The van der Waals surface area contributed by atoms with Crippen LogP contribution in [-0.2, 0) is 9.53 Å². The molecule has 2 aliphatic rings. The van der Waals surface area contributed by atoms with Gasteiger partial charge in [-0.2, -0.15) is 0 Å². The lowest BCUT2D eigenvalue weighted by atomic mass is 10.0. The lowest BCUT2D eigenvalue weighted by molar-refractivity contribution is -0.118. The van der Waals surface area contributed by atoms with E-state index < -0.39 is 17.8 Å². The maximum Gasteiger partial charge on any atom is 0.238 e. The minimum absolute atomic E-state index is 0.0105. The van der Waals surface area contributed by atoms with Gasteiger partial charge in [0.05, 0.1) is 32.0 Å². The van der Waals surface area contributed by atoms with Crippen LogP contribution in [0.25, 0.3) is 11.1 Å². The number of hydrogen-bond donors (Lipinski definition) is 1. The Hall–Kier alpha value is -2.65. The molecular formula is C21H23F3N4O2. The number of halogens is 3. The van der Waals surface area contributed by atoms with Crippen LogP contribution in [0.4, 0.5) is 24.7 Å². The molecular weight excluding hydrogens is 397 g/mol. The van der Waals surface area contributed by atoms with E-state index in [9.17, 15) is 18.0 Å². The maximum absolute atomic E-state index is 14.5. The molecule has 0 bridgehead atoms. The lowest BCUT2D eigenvalue weighted by Crippen LogP contribution is -2.41. The number of amides is 1. The van der Waals surface area contributed by atoms with Crippen molar-refractivity contribution in [1.29, 1.82) is 0 Å². The summed E-state index contributed by atoms with van der Waals surface area (Å²) >= 11 is 0. The largest absolute Gasteiger partial charge is 0.379 e. The van der Waals surface area contributed by atoms with Gasteiger partial charge >= 0.3 is 0 Å². The predicted molar refractivity (Wildman–Crippen MR) is 107 cm³/mol. The Morgan fingerprint density at radius 1 is 1.17 bits per heavy atom. The Balaban J connectivity index is 1.69. The number of hydrogen-bond acceptors (Lipinski definition) is 5. The quantitative estimate of drug-likeness (QED) is 0.806. The average Bonchev–Trinajstić information content (AvgIpc) is 3.17. The van der Waals surface area contributed by atoms with Gasteiger partial charge in [-0.05, 0) is 30.7 Å². The number of rotatable bonds is 5. The van der Waals surface area contributed by atoms with Crippen molar-refractivity contribution in [3.8, 4) is 11.1 Å². The molecule has 1 atom stereocenters. The van der Waals surface area contributed by atoms with E-state index in [0.29, 0.717) is 50.7 Å². The number of ether oxygens (including phenoxy) is 1. The van der Waals surface area contributed by atoms with E-state index in [1.54, 1.807) is 4.90 Å². The lowest BCUT2D eigenvalue weighted by Gasteiger charge is -2.27. The van der Waals surface area contributed by atoms with Crippen molar-refractivity contribution in [1.82, 2.24) is 9.88 Å². The molecule has 0 aliphatic carbocycles. The highest BCUT2D eigenvalue weighted by Crippen LogP contribution is 2.37. The summed E-state index contributed by atoms with van der Waals surface area (Å²) in [5.41, 5.74) is 0.570. The zero-order valence-corrected chi connectivity index (χ0v) is 16.4. The van der Waals surface area contributed by atoms with Crippen molar-refractivity contribution in [2.24, 2.45) is 0 Å². The van der Waals surface area contributed by atoms with Crippen molar-refractivity contribution in [2.45, 2.75) is 12.6 Å². The van der Waals surface area contributed by atoms with Crippen molar-refractivity contribution < 1.29 is 22.7 Å². The van der Waals surface area contributed by atoms with E-state index in [1.165, 1.54) is 12.3 Å². The van der Waals surface area contributed by atoms with E-state index in [4.69, 9.17) is 4.74 Å². The number of aromatic nitrogens is 1. The van der Waals surface area contributed by atoms with E-state index >= 15 is 0 Å². The third-order valence-corrected chi connectivity index (χ3v) is 5.32. The van der Waals surface area contributed by atoms with Crippen LogP contribution in [-0.4, -0.2) is 67.9 Å². The van der Waals surface area contributed by atoms with E-state index in [0.717, 1.165) is 18.2 Å². The van der Waals surface area contributed by atoms with Gasteiger partial charge < -0.3 is 15.0 Å². The Morgan fingerprint density at radius 3 is 2.70 bits per heavy atom. The summed E-state index contributed by atoms with van der Waals surface area (Å²) in [7, 11) is 0. The fourth-order valence-corrected chi connectivity index (χ4v) is 3.79. The van der Waals surface area contributed by atoms with E-state index in [1.807, 2.05) is 4.90 Å². The summed E-state index contributed by atoms with van der Waals surface area (Å²) < 4.78 is 47.5. The molecule has 1 aromatic heterocycles. The summed E-state index contributed by atoms with van der Waals surface area (Å²) in [5.74, 6) is -1.17. The van der Waals surface area contributed by atoms with Crippen molar-refractivity contribution in [2.75, 3.05) is 56.2 Å². The number of alkyl halides is 1. The molecule has 2 saturated heterocycles. The van der Waals surface area contributed by atoms with Crippen LogP contribution >= 0.6 is 0 Å². The summed E-state index contributed by atoms with van der Waals surface area (Å²) in [6.07, 6.45) is 0.804. The SMILES string of the molecule is O=C(CN1CCOCC1)Nc1c(-c2cc(F)ccc2F)ccnc1N1CCC(F)C1. The molecule has 0 saturated carbocycles. The molecule has 1 unspecified atom stereocenters. The second-order valence-corrected chi connectivity index (χ2v) is 7.45. The van der Waals surface area contributed by atoms with Gasteiger partial charge in [0, 0.05) is 37.0 Å².